The van der Waals surface area contributed by atoms with E-state index in [1.54, 1.807) is 0 Å². The molecule has 116 valence electrons. The molecule has 0 fully saturated rings. The Morgan fingerprint density at radius 1 is 1.27 bits per heavy atom. The van der Waals surface area contributed by atoms with Gasteiger partial charge >= 0.3 is 0 Å². The number of rotatable bonds is 5. The fourth-order valence-corrected chi connectivity index (χ4v) is 2.29. The first-order valence-electron chi connectivity index (χ1n) is 7.33. The lowest BCUT2D eigenvalue weighted by molar-refractivity contribution is 0.972. The first-order valence-corrected chi connectivity index (χ1v) is 7.70. The van der Waals surface area contributed by atoms with Crippen molar-refractivity contribution in [3.05, 3.63) is 52.2 Å². The van der Waals surface area contributed by atoms with E-state index in [0.717, 1.165) is 22.8 Å². The average molecular weight is 317 g/mol. The molecule has 0 saturated carbocycles. The Kier molecular flexibility index (Phi) is 5.39. The Morgan fingerprint density at radius 3 is 2.55 bits per heavy atom. The summed E-state index contributed by atoms with van der Waals surface area (Å²) in [5.41, 5.74) is 8.96. The summed E-state index contributed by atoms with van der Waals surface area (Å²) in [7, 11) is 0. The molecule has 0 bridgehead atoms. The van der Waals surface area contributed by atoms with Gasteiger partial charge < -0.3 is 11.1 Å². The van der Waals surface area contributed by atoms with Crippen LogP contribution >= 0.6 is 11.6 Å². The summed E-state index contributed by atoms with van der Waals surface area (Å²) in [4.78, 5) is 8.69. The number of anilines is 2. The molecule has 1 atom stereocenters. The van der Waals surface area contributed by atoms with E-state index in [1.807, 2.05) is 44.2 Å². The minimum absolute atomic E-state index is 0.254. The van der Waals surface area contributed by atoms with Gasteiger partial charge in [0.15, 0.2) is 0 Å². The van der Waals surface area contributed by atoms with Crippen LogP contribution in [0.4, 0.5) is 11.8 Å². The van der Waals surface area contributed by atoms with Gasteiger partial charge in [0.05, 0.1) is 5.69 Å². The Bertz CT molecular complexity index is 642. The van der Waals surface area contributed by atoms with Crippen molar-refractivity contribution in [1.82, 2.24) is 9.97 Å². The molecule has 4 nitrogen and oxygen atoms in total. The van der Waals surface area contributed by atoms with Gasteiger partial charge in [-0.1, -0.05) is 42.8 Å². The lowest BCUT2D eigenvalue weighted by atomic mass is 10.00. The maximum Gasteiger partial charge on any atom is 0.224 e. The number of hydrogen-bond donors (Lipinski definition) is 2. The predicted octanol–water partition coefficient (Wildman–Crippen LogP) is 4.27. The molecule has 5 heteroatoms. The summed E-state index contributed by atoms with van der Waals surface area (Å²) >= 11 is 5.91. The zero-order valence-corrected chi connectivity index (χ0v) is 13.9. The molecular weight excluding hydrogens is 296 g/mol. The third-order valence-corrected chi connectivity index (χ3v) is 3.70. The molecule has 1 aromatic heterocycles. The number of halogens is 1. The molecule has 0 amide bonds. The van der Waals surface area contributed by atoms with Crippen molar-refractivity contribution < 1.29 is 0 Å². The van der Waals surface area contributed by atoms with Crippen LogP contribution in [0.3, 0.4) is 0 Å². The van der Waals surface area contributed by atoms with E-state index in [-0.39, 0.29) is 5.92 Å². The minimum Gasteiger partial charge on any atom is -0.383 e. The third-order valence-electron chi connectivity index (χ3n) is 3.45. The molecule has 2 aromatic rings. The summed E-state index contributed by atoms with van der Waals surface area (Å²) < 4.78 is 0. The summed E-state index contributed by atoms with van der Waals surface area (Å²) in [5, 5.41) is 3.82. The van der Waals surface area contributed by atoms with E-state index < -0.39 is 0 Å². The number of aryl methyl sites for hydroxylation is 1. The number of hydrogen-bond acceptors (Lipinski definition) is 4. The summed E-state index contributed by atoms with van der Waals surface area (Å²) in [6.07, 6.45) is 4.08. The van der Waals surface area contributed by atoms with Crippen molar-refractivity contribution in [2.75, 3.05) is 17.6 Å². The molecule has 1 unspecified atom stereocenters. The number of nitrogens with two attached hydrogens (primary N) is 1. The van der Waals surface area contributed by atoms with Gasteiger partial charge in [0.1, 0.15) is 5.82 Å². The topological polar surface area (TPSA) is 63.8 Å². The monoisotopic (exact) mass is 316 g/mol. The number of nitrogens with zero attached hydrogens (tertiary/aromatic N) is 2. The van der Waals surface area contributed by atoms with Gasteiger partial charge in [0.2, 0.25) is 5.95 Å². The lowest BCUT2D eigenvalue weighted by Crippen LogP contribution is -2.07. The maximum absolute atomic E-state index is 6.04. The largest absolute Gasteiger partial charge is 0.383 e. The Morgan fingerprint density at radius 2 is 1.95 bits per heavy atom. The molecular formula is C17H21ClN4. The highest BCUT2D eigenvalue weighted by Crippen LogP contribution is 2.23. The van der Waals surface area contributed by atoms with Gasteiger partial charge in [0, 0.05) is 17.1 Å². The number of aromatic nitrogens is 2. The number of nitrogen functional groups attached to an aromatic ring is 1. The average Bonchev–Trinajstić information content (AvgIpc) is 2.47. The van der Waals surface area contributed by atoms with E-state index in [0.29, 0.717) is 11.8 Å². The van der Waals surface area contributed by atoms with Crippen molar-refractivity contribution in [1.29, 1.82) is 0 Å². The van der Waals surface area contributed by atoms with Crippen molar-refractivity contribution in [3.8, 4) is 0 Å². The highest BCUT2D eigenvalue weighted by atomic mass is 35.5. The van der Waals surface area contributed by atoms with Crippen LogP contribution in [0.1, 0.15) is 36.6 Å². The van der Waals surface area contributed by atoms with Crippen molar-refractivity contribution in [3.63, 3.8) is 0 Å². The van der Waals surface area contributed by atoms with Crippen molar-refractivity contribution in [2.24, 2.45) is 0 Å². The minimum atomic E-state index is 0.254. The molecule has 0 radical (unpaired) electrons. The highest BCUT2D eigenvalue weighted by molar-refractivity contribution is 6.30. The van der Waals surface area contributed by atoms with E-state index in [1.165, 1.54) is 5.56 Å². The van der Waals surface area contributed by atoms with Gasteiger partial charge in [-0.05, 0) is 37.5 Å². The molecule has 0 aliphatic carbocycles. The molecule has 0 aliphatic heterocycles. The molecule has 1 heterocycles. The van der Waals surface area contributed by atoms with E-state index in [2.05, 4.69) is 28.3 Å². The summed E-state index contributed by atoms with van der Waals surface area (Å²) in [5.74, 6) is 1.31. The van der Waals surface area contributed by atoms with E-state index in [4.69, 9.17) is 17.3 Å². The second-order valence-electron chi connectivity index (χ2n) is 5.16. The van der Waals surface area contributed by atoms with Crippen LogP contribution in [0, 0.1) is 6.92 Å². The molecule has 3 N–H and O–H groups in total. The molecule has 0 aliphatic rings. The summed E-state index contributed by atoms with van der Waals surface area (Å²) in [6, 6.07) is 7.85. The van der Waals surface area contributed by atoms with Crippen LogP contribution in [0.5, 0.6) is 0 Å². The van der Waals surface area contributed by atoms with Crippen LogP contribution < -0.4 is 11.1 Å². The van der Waals surface area contributed by atoms with Gasteiger partial charge in [-0.15, -0.1) is 0 Å². The number of benzene rings is 1. The Hall–Kier alpha value is -2.07. The lowest BCUT2D eigenvalue weighted by Gasteiger charge is -2.10. The van der Waals surface area contributed by atoms with Gasteiger partial charge in [-0.2, -0.15) is 4.98 Å². The second-order valence-corrected chi connectivity index (χ2v) is 5.60. The smallest absolute Gasteiger partial charge is 0.224 e. The fourth-order valence-electron chi connectivity index (χ4n) is 2.16. The maximum atomic E-state index is 6.04. The number of allylic oxidation sites excluding steroid dienone is 1. The molecule has 2 rings (SSSR count). The quantitative estimate of drug-likeness (QED) is 0.864. The van der Waals surface area contributed by atoms with Crippen LogP contribution in [-0.2, 0) is 0 Å². The first kappa shape index (κ1) is 16.3. The van der Waals surface area contributed by atoms with Crippen molar-refractivity contribution in [2.45, 2.75) is 26.7 Å². The SMILES string of the molecule is CCNc1nc(C)c(/C=C/C(C)c2ccc(Cl)cc2)c(N)n1. The zero-order valence-electron chi connectivity index (χ0n) is 13.1. The zero-order chi connectivity index (χ0) is 16.1. The second kappa shape index (κ2) is 7.27. The van der Waals surface area contributed by atoms with E-state index in [9.17, 15) is 0 Å². The molecule has 1 aromatic carbocycles. The molecule has 22 heavy (non-hydrogen) atoms. The fraction of sp³-hybridized carbons (Fsp3) is 0.294. The Labute approximate surface area is 136 Å². The van der Waals surface area contributed by atoms with Crippen molar-refractivity contribution >= 4 is 29.4 Å². The van der Waals surface area contributed by atoms with Crippen LogP contribution in [0.2, 0.25) is 5.02 Å². The van der Waals surface area contributed by atoms with Gasteiger partial charge in [0.25, 0.3) is 0 Å². The van der Waals surface area contributed by atoms with Crippen LogP contribution in [0.25, 0.3) is 6.08 Å². The number of nitrogens with one attached hydrogen (secondary N) is 1. The van der Waals surface area contributed by atoms with E-state index >= 15 is 0 Å². The van der Waals surface area contributed by atoms with Gasteiger partial charge in [-0.3, -0.25) is 0 Å². The normalized spacial score (nSPS) is 12.5. The third kappa shape index (κ3) is 3.98. The van der Waals surface area contributed by atoms with Crippen LogP contribution in [-0.4, -0.2) is 16.5 Å². The standard InChI is InChI=1S/C17H21ClN4/c1-4-20-17-21-12(3)15(16(19)22-17)10-5-11(2)13-6-8-14(18)9-7-13/h5-11H,4H2,1-3H3,(H3,19,20,21,22)/b10-5+. The van der Waals surface area contributed by atoms with Gasteiger partial charge in [-0.25, -0.2) is 4.98 Å². The molecule has 0 spiro atoms. The summed E-state index contributed by atoms with van der Waals surface area (Å²) in [6.45, 7) is 6.82. The van der Waals surface area contributed by atoms with Crippen LogP contribution in [0.15, 0.2) is 30.3 Å². The predicted molar refractivity (Wildman–Crippen MR) is 94.2 cm³/mol. The first-order chi connectivity index (χ1) is 10.5. The Balaban J connectivity index is 2.20. The highest BCUT2D eigenvalue weighted by Gasteiger charge is 2.07. The molecule has 0 saturated heterocycles.